The van der Waals surface area contributed by atoms with Crippen molar-refractivity contribution in [2.45, 2.75) is 20.0 Å². The summed E-state index contributed by atoms with van der Waals surface area (Å²) in [6, 6.07) is 10.4. The van der Waals surface area contributed by atoms with Crippen LogP contribution in [0.25, 0.3) is 0 Å². The van der Waals surface area contributed by atoms with Crippen LogP contribution in [0.2, 0.25) is 0 Å². The first kappa shape index (κ1) is 14.7. The number of benzene rings is 1. The lowest BCUT2D eigenvalue weighted by Gasteiger charge is -2.06. The summed E-state index contributed by atoms with van der Waals surface area (Å²) in [5.74, 6) is -0.214. The van der Waals surface area contributed by atoms with E-state index in [9.17, 15) is 9.59 Å². The molecule has 21 heavy (non-hydrogen) atoms. The third-order valence-electron chi connectivity index (χ3n) is 2.83. The fraction of sp³-hybridized carbons (Fsp3) is 0.188. The normalized spacial score (nSPS) is 10.1. The van der Waals surface area contributed by atoms with Gasteiger partial charge in [-0.25, -0.2) is 4.79 Å². The van der Waals surface area contributed by atoms with Gasteiger partial charge in [0.2, 0.25) is 0 Å². The molecule has 0 saturated carbocycles. The summed E-state index contributed by atoms with van der Waals surface area (Å²) >= 11 is 0. The van der Waals surface area contributed by atoms with Gasteiger partial charge >= 0.3 is 5.97 Å². The fourth-order valence-electron chi connectivity index (χ4n) is 1.78. The van der Waals surface area contributed by atoms with Crippen LogP contribution >= 0.6 is 0 Å². The number of carboxylic acid groups (broad SMARTS) is 1. The number of ether oxygens (including phenoxy) is 1. The zero-order valence-electron chi connectivity index (χ0n) is 11.6. The third kappa shape index (κ3) is 4.42. The van der Waals surface area contributed by atoms with E-state index < -0.39 is 5.97 Å². The van der Waals surface area contributed by atoms with Crippen LogP contribution in [0.1, 0.15) is 28.5 Å². The van der Waals surface area contributed by atoms with E-state index in [1.807, 2.05) is 12.1 Å². The van der Waals surface area contributed by atoms with Gasteiger partial charge in [-0.15, -0.1) is 0 Å². The maximum Gasteiger partial charge on any atom is 0.337 e. The molecule has 108 valence electrons. The molecule has 0 unspecified atom stereocenters. The summed E-state index contributed by atoms with van der Waals surface area (Å²) in [4.78, 5) is 25.7. The van der Waals surface area contributed by atoms with E-state index in [1.165, 1.54) is 12.3 Å². The van der Waals surface area contributed by atoms with Gasteiger partial charge in [-0.2, -0.15) is 0 Å². The lowest BCUT2D eigenvalue weighted by molar-refractivity contribution is -0.116. The van der Waals surface area contributed by atoms with Crippen LogP contribution in [0.4, 0.5) is 0 Å². The molecule has 0 bridgehead atoms. The second-order valence-corrected chi connectivity index (χ2v) is 4.65. The monoisotopic (exact) mass is 285 g/mol. The van der Waals surface area contributed by atoms with E-state index in [2.05, 4.69) is 4.98 Å². The summed E-state index contributed by atoms with van der Waals surface area (Å²) in [6.45, 7) is 1.81. The summed E-state index contributed by atoms with van der Waals surface area (Å²) < 4.78 is 5.56. The second kappa shape index (κ2) is 6.65. The second-order valence-electron chi connectivity index (χ2n) is 4.65. The number of hydrogen-bond acceptors (Lipinski definition) is 4. The molecule has 0 spiro atoms. The Morgan fingerprint density at radius 3 is 2.38 bits per heavy atom. The number of hydrogen-bond donors (Lipinski definition) is 1. The van der Waals surface area contributed by atoms with E-state index in [1.54, 1.807) is 25.1 Å². The van der Waals surface area contributed by atoms with Gasteiger partial charge in [0, 0.05) is 12.6 Å². The molecule has 0 radical (unpaired) electrons. The number of ketones is 1. The minimum Gasteiger partial charge on any atom is -0.487 e. The number of Topliss-reactive ketones (excluding diaryl/α,β-unsaturated/α-hetero) is 1. The van der Waals surface area contributed by atoms with Crippen molar-refractivity contribution in [1.29, 1.82) is 0 Å². The van der Waals surface area contributed by atoms with Gasteiger partial charge in [0.25, 0.3) is 0 Å². The number of aromatic carboxylic acids is 1. The molecule has 1 heterocycles. The predicted molar refractivity (Wildman–Crippen MR) is 76.4 cm³/mol. The van der Waals surface area contributed by atoms with Crippen LogP contribution in [0.5, 0.6) is 5.75 Å². The van der Waals surface area contributed by atoms with Gasteiger partial charge in [-0.05, 0) is 36.8 Å². The fourth-order valence-corrected chi connectivity index (χ4v) is 1.78. The van der Waals surface area contributed by atoms with E-state index in [-0.39, 0.29) is 18.0 Å². The first-order valence-corrected chi connectivity index (χ1v) is 6.44. The minimum absolute atomic E-state index is 0.117. The molecule has 2 aromatic rings. The number of carboxylic acids is 1. The molecule has 1 aromatic heterocycles. The topological polar surface area (TPSA) is 76.5 Å². The highest BCUT2D eigenvalue weighted by atomic mass is 16.5. The molecule has 0 fully saturated rings. The van der Waals surface area contributed by atoms with Gasteiger partial charge in [0.1, 0.15) is 18.1 Å². The zero-order chi connectivity index (χ0) is 15.2. The Hall–Kier alpha value is -2.69. The molecular formula is C16H15NO4. The Labute approximate surface area is 122 Å². The Morgan fingerprint density at radius 2 is 1.86 bits per heavy atom. The van der Waals surface area contributed by atoms with Crippen LogP contribution in [0.3, 0.4) is 0 Å². The van der Waals surface area contributed by atoms with Crippen LogP contribution in [0, 0.1) is 0 Å². The Morgan fingerprint density at radius 1 is 1.14 bits per heavy atom. The van der Waals surface area contributed by atoms with E-state index >= 15 is 0 Å². The van der Waals surface area contributed by atoms with E-state index in [0.29, 0.717) is 17.9 Å². The molecule has 0 atom stereocenters. The minimum atomic E-state index is -1.00. The summed E-state index contributed by atoms with van der Waals surface area (Å²) in [7, 11) is 0. The van der Waals surface area contributed by atoms with Crippen molar-refractivity contribution >= 4 is 11.8 Å². The number of nitrogens with zero attached hydrogens (tertiary/aromatic N) is 1. The van der Waals surface area contributed by atoms with Gasteiger partial charge in [-0.3, -0.25) is 9.78 Å². The largest absolute Gasteiger partial charge is 0.487 e. The van der Waals surface area contributed by atoms with Crippen LogP contribution < -0.4 is 4.74 Å². The van der Waals surface area contributed by atoms with Crippen molar-refractivity contribution in [3.63, 3.8) is 0 Å². The first-order valence-electron chi connectivity index (χ1n) is 6.44. The van der Waals surface area contributed by atoms with Crippen LogP contribution in [0.15, 0.2) is 42.6 Å². The third-order valence-corrected chi connectivity index (χ3v) is 2.83. The lowest BCUT2D eigenvalue weighted by atomic mass is 10.1. The van der Waals surface area contributed by atoms with Crippen LogP contribution in [-0.4, -0.2) is 21.8 Å². The molecule has 0 aliphatic carbocycles. The highest BCUT2D eigenvalue weighted by molar-refractivity contribution is 5.87. The molecule has 0 aliphatic heterocycles. The van der Waals surface area contributed by atoms with Crippen molar-refractivity contribution in [1.82, 2.24) is 4.98 Å². The average Bonchev–Trinajstić information content (AvgIpc) is 2.46. The quantitative estimate of drug-likeness (QED) is 0.882. The zero-order valence-corrected chi connectivity index (χ0v) is 11.6. The standard InChI is InChI=1S/C16H15NO4/c1-11(18)8-12-2-6-15(7-3-12)21-10-14-5-4-13(9-17-14)16(19)20/h2-7,9H,8,10H2,1H3,(H,19,20). The molecule has 5 heteroatoms. The molecular weight excluding hydrogens is 270 g/mol. The summed E-state index contributed by atoms with van der Waals surface area (Å²) in [6.07, 6.45) is 1.72. The van der Waals surface area contributed by atoms with Crippen molar-refractivity contribution in [2.24, 2.45) is 0 Å². The summed E-state index contributed by atoms with van der Waals surface area (Å²) in [5.41, 5.74) is 1.74. The average molecular weight is 285 g/mol. The van der Waals surface area contributed by atoms with Gasteiger partial charge in [0.05, 0.1) is 11.3 Å². The molecule has 1 aromatic carbocycles. The predicted octanol–water partition coefficient (Wildman–Crippen LogP) is 2.49. The van der Waals surface area contributed by atoms with E-state index in [0.717, 1.165) is 5.56 Å². The Bertz CT molecular complexity index is 632. The Kier molecular flexibility index (Phi) is 4.66. The molecule has 2 rings (SSSR count). The number of carbonyl (C=O) groups excluding carboxylic acids is 1. The maximum absolute atomic E-state index is 11.0. The Balaban J connectivity index is 1.93. The molecule has 0 amide bonds. The number of pyridine rings is 1. The maximum atomic E-state index is 11.0. The summed E-state index contributed by atoms with van der Waals surface area (Å²) in [5, 5.41) is 8.78. The van der Waals surface area contributed by atoms with Gasteiger partial charge < -0.3 is 9.84 Å². The molecule has 5 nitrogen and oxygen atoms in total. The number of carbonyl (C=O) groups is 2. The highest BCUT2D eigenvalue weighted by Crippen LogP contribution is 2.14. The molecule has 0 saturated heterocycles. The smallest absolute Gasteiger partial charge is 0.337 e. The number of rotatable bonds is 6. The highest BCUT2D eigenvalue weighted by Gasteiger charge is 2.04. The number of aromatic nitrogens is 1. The van der Waals surface area contributed by atoms with Gasteiger partial charge in [-0.1, -0.05) is 12.1 Å². The van der Waals surface area contributed by atoms with E-state index in [4.69, 9.17) is 9.84 Å². The molecule has 1 N–H and O–H groups in total. The van der Waals surface area contributed by atoms with Gasteiger partial charge in [0.15, 0.2) is 0 Å². The van der Waals surface area contributed by atoms with Crippen molar-refractivity contribution in [3.8, 4) is 5.75 Å². The van der Waals surface area contributed by atoms with Crippen molar-refractivity contribution in [3.05, 3.63) is 59.4 Å². The SMILES string of the molecule is CC(=O)Cc1ccc(OCc2ccc(C(=O)O)cn2)cc1. The lowest BCUT2D eigenvalue weighted by Crippen LogP contribution is -2.02. The van der Waals surface area contributed by atoms with Crippen LogP contribution in [-0.2, 0) is 17.8 Å². The van der Waals surface area contributed by atoms with Crippen molar-refractivity contribution in [2.75, 3.05) is 0 Å². The molecule has 0 aliphatic rings. The first-order chi connectivity index (χ1) is 10.0. The van der Waals surface area contributed by atoms with Crippen molar-refractivity contribution < 1.29 is 19.4 Å².